The Kier molecular flexibility index (Phi) is 6.60. The Hall–Kier alpha value is -0.650. The van der Waals surface area contributed by atoms with Gasteiger partial charge in [0.05, 0.1) is 0 Å². The molecule has 2 saturated heterocycles. The molecule has 0 spiro atoms. The third kappa shape index (κ3) is 5.80. The van der Waals surface area contributed by atoms with Gasteiger partial charge in [0.2, 0.25) is 5.91 Å². The second-order valence-corrected chi connectivity index (χ2v) is 5.42. The van der Waals surface area contributed by atoms with Crippen LogP contribution in [0.15, 0.2) is 0 Å². The lowest BCUT2D eigenvalue weighted by molar-refractivity contribution is -0.130. The van der Waals surface area contributed by atoms with Crippen LogP contribution < -0.4 is 0 Å². The summed E-state index contributed by atoms with van der Waals surface area (Å²) in [5.41, 5.74) is 0. The van der Waals surface area contributed by atoms with E-state index in [0.717, 1.165) is 26.2 Å². The van der Waals surface area contributed by atoms with Gasteiger partial charge in [0.1, 0.15) is 0 Å². The van der Waals surface area contributed by atoms with Crippen LogP contribution in [0.3, 0.4) is 0 Å². The van der Waals surface area contributed by atoms with E-state index >= 15 is 0 Å². The van der Waals surface area contributed by atoms with Gasteiger partial charge in [0, 0.05) is 59.3 Å². The lowest BCUT2D eigenvalue weighted by Crippen LogP contribution is -2.46. The highest BCUT2D eigenvalue weighted by atomic mass is 16.2. The minimum atomic E-state index is 0.202. The summed E-state index contributed by atoms with van der Waals surface area (Å²) in [5, 5.41) is 0. The summed E-state index contributed by atoms with van der Waals surface area (Å²) in [6.45, 7) is 10.4. The Morgan fingerprint density at radius 2 is 0.944 bits per heavy atom. The summed E-state index contributed by atoms with van der Waals surface area (Å²) < 4.78 is 0. The molecule has 106 valence electrons. The van der Waals surface area contributed by atoms with Crippen LogP contribution in [0.4, 0.5) is 0 Å². The normalized spacial score (nSPS) is 23.4. The molecule has 2 aliphatic heterocycles. The molecule has 0 saturated carbocycles. The zero-order valence-electron chi connectivity index (χ0n) is 12.4. The topological polar surface area (TPSA) is 30.0 Å². The summed E-state index contributed by atoms with van der Waals surface area (Å²) >= 11 is 0. The molecule has 0 aromatic carbocycles. The Balaban J connectivity index is 0.000000184. The monoisotopic (exact) mass is 256 g/mol. The highest BCUT2D eigenvalue weighted by Gasteiger charge is 2.14. The smallest absolute Gasteiger partial charge is 0.219 e. The first kappa shape index (κ1) is 15.4. The van der Waals surface area contributed by atoms with E-state index in [9.17, 15) is 4.79 Å². The molecule has 0 unspecified atom stereocenters. The van der Waals surface area contributed by atoms with E-state index < -0.39 is 0 Å². The highest BCUT2D eigenvalue weighted by Crippen LogP contribution is 1.98. The van der Waals surface area contributed by atoms with Crippen LogP contribution >= 0.6 is 0 Å². The van der Waals surface area contributed by atoms with E-state index in [2.05, 4.69) is 35.8 Å². The number of piperazine rings is 2. The van der Waals surface area contributed by atoms with Gasteiger partial charge in [0.15, 0.2) is 0 Å². The van der Waals surface area contributed by atoms with E-state index in [1.54, 1.807) is 6.92 Å². The first-order valence-electron chi connectivity index (χ1n) is 6.80. The van der Waals surface area contributed by atoms with Crippen molar-refractivity contribution >= 4 is 5.91 Å². The van der Waals surface area contributed by atoms with Crippen LogP contribution in [0.1, 0.15) is 6.92 Å². The molecule has 0 radical (unpaired) electrons. The van der Waals surface area contributed by atoms with Crippen molar-refractivity contribution in [2.75, 3.05) is 73.5 Å². The fourth-order valence-corrected chi connectivity index (χ4v) is 2.03. The van der Waals surface area contributed by atoms with Gasteiger partial charge in [-0.3, -0.25) is 4.79 Å². The summed E-state index contributed by atoms with van der Waals surface area (Å²) in [6.07, 6.45) is 0. The average molecular weight is 256 g/mol. The second kappa shape index (κ2) is 7.71. The van der Waals surface area contributed by atoms with Gasteiger partial charge in [0.25, 0.3) is 0 Å². The number of hydrogen-bond donors (Lipinski definition) is 0. The van der Waals surface area contributed by atoms with E-state index in [0.29, 0.717) is 0 Å². The fraction of sp³-hybridized carbons (Fsp3) is 0.923. The van der Waals surface area contributed by atoms with Crippen LogP contribution in [-0.4, -0.2) is 99.0 Å². The predicted octanol–water partition coefficient (Wildman–Crippen LogP) is -0.356. The van der Waals surface area contributed by atoms with Crippen molar-refractivity contribution < 1.29 is 4.79 Å². The standard InChI is InChI=1S/C7H14N2O.C6H14N2/c1-7(10)9-5-3-8(2)4-6-9;1-7-3-5-8(2)6-4-7/h3-6H2,1-2H3;3-6H2,1-2H3. The number of amides is 1. The van der Waals surface area contributed by atoms with Crippen molar-refractivity contribution in [1.82, 2.24) is 19.6 Å². The minimum absolute atomic E-state index is 0.202. The largest absolute Gasteiger partial charge is 0.340 e. The number of carbonyl (C=O) groups excluding carboxylic acids is 1. The molecule has 0 aromatic rings. The van der Waals surface area contributed by atoms with Crippen LogP contribution in [0.2, 0.25) is 0 Å². The fourth-order valence-electron chi connectivity index (χ4n) is 2.03. The van der Waals surface area contributed by atoms with Crippen molar-refractivity contribution in [3.63, 3.8) is 0 Å². The number of hydrogen-bond acceptors (Lipinski definition) is 4. The van der Waals surface area contributed by atoms with Crippen molar-refractivity contribution in [2.45, 2.75) is 6.92 Å². The maximum absolute atomic E-state index is 10.8. The molecule has 2 heterocycles. The molecule has 0 aromatic heterocycles. The van der Waals surface area contributed by atoms with Gasteiger partial charge in [-0.2, -0.15) is 0 Å². The molecule has 2 rings (SSSR count). The van der Waals surface area contributed by atoms with E-state index in [-0.39, 0.29) is 5.91 Å². The first-order valence-corrected chi connectivity index (χ1v) is 6.80. The number of nitrogens with zero attached hydrogens (tertiary/aromatic N) is 4. The molecule has 0 aliphatic carbocycles. The molecule has 2 aliphatic rings. The molecular weight excluding hydrogens is 228 g/mol. The summed E-state index contributed by atoms with van der Waals surface area (Å²) in [4.78, 5) is 19.7. The SMILES string of the molecule is CC(=O)N1CCN(C)CC1.CN1CCN(C)CC1. The average Bonchev–Trinajstić information content (AvgIpc) is 2.34. The van der Waals surface area contributed by atoms with Crippen LogP contribution in [0.5, 0.6) is 0 Å². The Morgan fingerprint density at radius 1 is 0.667 bits per heavy atom. The lowest BCUT2D eigenvalue weighted by atomic mass is 10.3. The molecular formula is C13H28N4O. The third-order valence-corrected chi connectivity index (χ3v) is 3.68. The summed E-state index contributed by atoms with van der Waals surface area (Å²) in [5.74, 6) is 0.202. The Bertz CT molecular complexity index is 233. The van der Waals surface area contributed by atoms with Gasteiger partial charge in [-0.25, -0.2) is 0 Å². The molecule has 2 fully saturated rings. The maximum atomic E-state index is 10.8. The Labute approximate surface area is 111 Å². The molecule has 1 amide bonds. The van der Waals surface area contributed by atoms with Crippen LogP contribution in [0, 0.1) is 0 Å². The van der Waals surface area contributed by atoms with Gasteiger partial charge in [-0.05, 0) is 21.1 Å². The van der Waals surface area contributed by atoms with E-state index in [1.807, 2.05) is 4.90 Å². The van der Waals surface area contributed by atoms with Crippen molar-refractivity contribution in [1.29, 1.82) is 0 Å². The maximum Gasteiger partial charge on any atom is 0.219 e. The highest BCUT2D eigenvalue weighted by molar-refractivity contribution is 5.73. The van der Waals surface area contributed by atoms with Gasteiger partial charge in [-0.15, -0.1) is 0 Å². The predicted molar refractivity (Wildman–Crippen MR) is 74.7 cm³/mol. The summed E-state index contributed by atoms with van der Waals surface area (Å²) in [7, 11) is 6.43. The number of rotatable bonds is 0. The van der Waals surface area contributed by atoms with Crippen molar-refractivity contribution in [3.8, 4) is 0 Å². The molecule has 0 N–H and O–H groups in total. The van der Waals surface area contributed by atoms with Gasteiger partial charge >= 0.3 is 0 Å². The zero-order valence-corrected chi connectivity index (χ0v) is 12.4. The molecule has 0 bridgehead atoms. The van der Waals surface area contributed by atoms with Crippen molar-refractivity contribution in [2.24, 2.45) is 0 Å². The first-order chi connectivity index (χ1) is 8.49. The second-order valence-electron chi connectivity index (χ2n) is 5.42. The van der Waals surface area contributed by atoms with Gasteiger partial charge < -0.3 is 19.6 Å². The number of carbonyl (C=O) groups is 1. The quantitative estimate of drug-likeness (QED) is 0.592. The van der Waals surface area contributed by atoms with E-state index in [4.69, 9.17) is 0 Å². The van der Waals surface area contributed by atoms with Crippen LogP contribution in [0.25, 0.3) is 0 Å². The molecule has 18 heavy (non-hydrogen) atoms. The van der Waals surface area contributed by atoms with Crippen LogP contribution in [-0.2, 0) is 4.79 Å². The number of likely N-dealkylation sites (N-methyl/N-ethyl adjacent to an activating group) is 3. The lowest BCUT2D eigenvalue weighted by Gasteiger charge is -2.31. The molecule has 0 atom stereocenters. The van der Waals surface area contributed by atoms with Gasteiger partial charge in [-0.1, -0.05) is 0 Å². The molecule has 5 nitrogen and oxygen atoms in total. The van der Waals surface area contributed by atoms with Crippen molar-refractivity contribution in [3.05, 3.63) is 0 Å². The third-order valence-electron chi connectivity index (χ3n) is 3.68. The minimum Gasteiger partial charge on any atom is -0.340 e. The Morgan fingerprint density at radius 3 is 1.22 bits per heavy atom. The molecule has 5 heteroatoms. The zero-order chi connectivity index (χ0) is 13.5. The van der Waals surface area contributed by atoms with E-state index in [1.165, 1.54) is 26.2 Å². The summed E-state index contributed by atoms with van der Waals surface area (Å²) in [6, 6.07) is 0.